The Morgan fingerprint density at radius 2 is 1.48 bits per heavy atom. The van der Waals surface area contributed by atoms with E-state index >= 15 is 8.78 Å². The highest BCUT2D eigenvalue weighted by atomic mass is 19.1. The molecule has 7 rings (SSSR count). The molecular formula is C35H49F2N9O2. The Hall–Kier alpha value is -3.58. The molecule has 11 nitrogen and oxygen atoms in total. The Labute approximate surface area is 281 Å². The van der Waals surface area contributed by atoms with Crippen LogP contribution in [0, 0.1) is 22.5 Å². The van der Waals surface area contributed by atoms with Crippen molar-refractivity contribution in [2.45, 2.75) is 64.5 Å². The number of carbonyl (C=O) groups excluding carboxylic acids is 2. The maximum Gasteiger partial charge on any atom is 0.240 e. The number of rotatable bonds is 7. The molecule has 3 N–H and O–H groups in total. The number of nitrogens with one attached hydrogen (secondary N) is 1. The zero-order chi connectivity index (χ0) is 33.7. The Bertz CT molecular complexity index is 1540. The number of aromatic nitrogens is 2. The first-order chi connectivity index (χ1) is 22.9. The van der Waals surface area contributed by atoms with E-state index in [2.05, 4.69) is 48.7 Å². The fourth-order valence-electron chi connectivity index (χ4n) is 8.62. The highest BCUT2D eigenvalue weighted by Crippen LogP contribution is 2.41. The minimum Gasteiger partial charge on any atom is -0.369 e. The molecule has 2 spiro atoms. The summed E-state index contributed by atoms with van der Waals surface area (Å²) in [6.07, 6.45) is 7.10. The minimum absolute atomic E-state index is 0.00470. The van der Waals surface area contributed by atoms with Crippen LogP contribution in [0.5, 0.6) is 0 Å². The van der Waals surface area contributed by atoms with Crippen LogP contribution in [0.4, 0.5) is 26.1 Å². The van der Waals surface area contributed by atoms with Crippen LogP contribution in [-0.4, -0.2) is 109 Å². The van der Waals surface area contributed by atoms with Crippen LogP contribution in [0.15, 0.2) is 24.5 Å². The number of halogens is 2. The highest BCUT2D eigenvalue weighted by Gasteiger charge is 2.45. The number of anilines is 3. The fraction of sp³-hybridized carbons (Fsp3) is 0.657. The lowest BCUT2D eigenvalue weighted by Crippen LogP contribution is -2.66. The van der Waals surface area contributed by atoms with E-state index in [9.17, 15) is 9.59 Å². The standard InChI is InChI=1S/C35H49F2N9O2/c1-33(2)3-9-42(10-4-33)18-25-15-27(37)28(16-26(25)36)46-20-32(48)41-35(23-46)7-13-44(14-8-35)30-17-31(40-24-39-30)45-12-6-34(22-45)5-11-43(21-34)19-29(38)47/h15-17,24H,3-14,18-23H2,1-2H3,(H2,38,47)(H,41,48)/t34-/m0/s1. The zero-order valence-electron chi connectivity index (χ0n) is 28.3. The quantitative estimate of drug-likeness (QED) is 0.461. The summed E-state index contributed by atoms with van der Waals surface area (Å²) < 4.78 is 31.0. The number of piperazine rings is 1. The number of hydrogen-bond acceptors (Lipinski definition) is 9. The molecule has 1 atom stereocenters. The topological polar surface area (TPSA) is 114 Å². The largest absolute Gasteiger partial charge is 0.369 e. The Morgan fingerprint density at radius 1 is 0.812 bits per heavy atom. The molecule has 0 unspecified atom stereocenters. The lowest BCUT2D eigenvalue weighted by atomic mass is 9.82. The van der Waals surface area contributed by atoms with Gasteiger partial charge < -0.3 is 25.8 Å². The molecule has 5 saturated heterocycles. The first kappa shape index (κ1) is 32.9. The molecule has 5 aliphatic heterocycles. The minimum atomic E-state index is -0.537. The lowest BCUT2D eigenvalue weighted by Gasteiger charge is -2.48. The van der Waals surface area contributed by atoms with E-state index in [0.717, 1.165) is 76.6 Å². The molecule has 2 aromatic rings. The molecule has 2 amide bonds. The number of carbonyl (C=O) groups is 2. The highest BCUT2D eigenvalue weighted by molar-refractivity contribution is 5.84. The second-order valence-corrected chi connectivity index (χ2v) is 15.8. The van der Waals surface area contributed by atoms with Crippen LogP contribution in [0.3, 0.4) is 0 Å². The molecule has 0 saturated carbocycles. The number of amides is 2. The van der Waals surface area contributed by atoms with Gasteiger partial charge in [-0.1, -0.05) is 13.8 Å². The first-order valence-corrected chi connectivity index (χ1v) is 17.5. The van der Waals surface area contributed by atoms with Crippen LogP contribution in [0.2, 0.25) is 0 Å². The van der Waals surface area contributed by atoms with Crippen molar-refractivity contribution in [1.82, 2.24) is 25.1 Å². The van der Waals surface area contributed by atoms with Crippen LogP contribution in [-0.2, 0) is 16.1 Å². The smallest absolute Gasteiger partial charge is 0.240 e. The van der Waals surface area contributed by atoms with E-state index < -0.39 is 17.2 Å². The number of hydrogen-bond donors (Lipinski definition) is 2. The summed E-state index contributed by atoms with van der Waals surface area (Å²) in [6.45, 7) is 12.2. The van der Waals surface area contributed by atoms with Crippen LogP contribution < -0.4 is 25.8 Å². The average molecular weight is 666 g/mol. The number of nitrogens with two attached hydrogens (primary N) is 1. The number of piperidine rings is 2. The van der Waals surface area contributed by atoms with E-state index in [1.807, 2.05) is 6.07 Å². The second-order valence-electron chi connectivity index (χ2n) is 15.8. The molecule has 6 heterocycles. The number of nitrogens with zero attached hydrogens (tertiary/aromatic N) is 7. The van der Waals surface area contributed by atoms with Crippen molar-refractivity contribution in [3.63, 3.8) is 0 Å². The van der Waals surface area contributed by atoms with Crippen molar-refractivity contribution in [3.05, 3.63) is 41.7 Å². The molecule has 5 fully saturated rings. The summed E-state index contributed by atoms with van der Waals surface area (Å²) in [6, 6.07) is 4.65. The number of benzene rings is 1. The maximum absolute atomic E-state index is 15.6. The van der Waals surface area contributed by atoms with Crippen LogP contribution >= 0.6 is 0 Å². The molecule has 13 heteroatoms. The summed E-state index contributed by atoms with van der Waals surface area (Å²) >= 11 is 0. The normalized spacial score (nSPS) is 26.1. The molecule has 5 aliphatic rings. The van der Waals surface area contributed by atoms with Gasteiger partial charge in [0.15, 0.2) is 0 Å². The third kappa shape index (κ3) is 6.94. The monoisotopic (exact) mass is 665 g/mol. The molecule has 0 radical (unpaired) electrons. The summed E-state index contributed by atoms with van der Waals surface area (Å²) in [5.74, 6) is 0.370. The molecular weight excluding hydrogens is 616 g/mol. The van der Waals surface area contributed by atoms with Crippen molar-refractivity contribution in [3.8, 4) is 0 Å². The summed E-state index contributed by atoms with van der Waals surface area (Å²) in [5.41, 5.74) is 5.85. The van der Waals surface area contributed by atoms with Crippen molar-refractivity contribution in [1.29, 1.82) is 0 Å². The number of likely N-dealkylation sites (tertiary alicyclic amines) is 2. The van der Waals surface area contributed by atoms with Gasteiger partial charge in [-0.2, -0.15) is 0 Å². The van der Waals surface area contributed by atoms with Gasteiger partial charge in [0.2, 0.25) is 11.8 Å². The Balaban J connectivity index is 0.978. The Morgan fingerprint density at radius 3 is 2.21 bits per heavy atom. The molecule has 0 aliphatic carbocycles. The third-order valence-corrected chi connectivity index (χ3v) is 11.6. The fourth-order valence-corrected chi connectivity index (χ4v) is 8.62. The van der Waals surface area contributed by atoms with Gasteiger partial charge in [-0.25, -0.2) is 18.7 Å². The van der Waals surface area contributed by atoms with Crippen molar-refractivity contribution >= 4 is 29.1 Å². The predicted octanol–water partition coefficient (Wildman–Crippen LogP) is 2.74. The van der Waals surface area contributed by atoms with Gasteiger partial charge in [0.05, 0.1) is 24.3 Å². The van der Waals surface area contributed by atoms with Gasteiger partial charge in [0.25, 0.3) is 0 Å². The number of primary amides is 1. The molecule has 260 valence electrons. The first-order valence-electron chi connectivity index (χ1n) is 17.5. The summed E-state index contributed by atoms with van der Waals surface area (Å²) in [7, 11) is 0. The van der Waals surface area contributed by atoms with Gasteiger partial charge in [0, 0.05) is 68.9 Å². The Kier molecular flexibility index (Phi) is 8.72. The molecule has 1 aromatic heterocycles. The maximum atomic E-state index is 15.6. The SMILES string of the molecule is CC1(C)CCN(Cc2cc(F)c(N3CC(=O)NC4(CCN(c5cc(N6CC[C@]7(CCN(CC(N)=O)C7)C6)ncn5)CC4)C3)cc2F)CC1. The van der Waals surface area contributed by atoms with Gasteiger partial charge in [-0.3, -0.25) is 19.4 Å². The predicted molar refractivity (Wildman–Crippen MR) is 181 cm³/mol. The van der Waals surface area contributed by atoms with Crippen molar-refractivity contribution in [2.24, 2.45) is 16.6 Å². The van der Waals surface area contributed by atoms with Gasteiger partial charge >= 0.3 is 0 Å². The second kappa shape index (κ2) is 12.7. The molecule has 1 aromatic carbocycles. The van der Waals surface area contributed by atoms with E-state index in [4.69, 9.17) is 5.73 Å². The third-order valence-electron chi connectivity index (χ3n) is 11.6. The van der Waals surface area contributed by atoms with Crippen LogP contribution in [0.1, 0.15) is 57.9 Å². The van der Waals surface area contributed by atoms with E-state index in [-0.39, 0.29) is 34.9 Å². The van der Waals surface area contributed by atoms with E-state index in [0.29, 0.717) is 51.1 Å². The molecule has 0 bridgehead atoms. The molecule has 48 heavy (non-hydrogen) atoms. The van der Waals surface area contributed by atoms with E-state index in [1.54, 1.807) is 11.2 Å². The van der Waals surface area contributed by atoms with Gasteiger partial charge in [-0.05, 0) is 69.6 Å². The van der Waals surface area contributed by atoms with Crippen molar-refractivity contribution < 1.29 is 18.4 Å². The van der Waals surface area contributed by atoms with Gasteiger partial charge in [-0.15, -0.1) is 0 Å². The van der Waals surface area contributed by atoms with Gasteiger partial charge in [0.1, 0.15) is 29.6 Å². The summed E-state index contributed by atoms with van der Waals surface area (Å²) in [4.78, 5) is 44.2. The lowest BCUT2D eigenvalue weighted by molar-refractivity contribution is -0.123. The zero-order valence-corrected chi connectivity index (χ0v) is 28.3. The van der Waals surface area contributed by atoms with E-state index in [1.165, 1.54) is 12.1 Å². The van der Waals surface area contributed by atoms with Crippen LogP contribution in [0.25, 0.3) is 0 Å². The van der Waals surface area contributed by atoms with Crippen molar-refractivity contribution in [2.75, 3.05) is 86.7 Å². The summed E-state index contributed by atoms with van der Waals surface area (Å²) in [5, 5.41) is 3.20. The average Bonchev–Trinajstić information content (AvgIpc) is 3.64.